The average Bonchev–Trinajstić information content (AvgIpc) is 3.40. The quantitative estimate of drug-likeness (QED) is 0.751. The summed E-state index contributed by atoms with van der Waals surface area (Å²) in [6.07, 6.45) is 4.16. The molecule has 2 heterocycles. The molecule has 2 N–H and O–H groups in total. The van der Waals surface area contributed by atoms with E-state index in [0.29, 0.717) is 17.9 Å². The number of nitrogens with zero attached hydrogens (tertiary/aromatic N) is 3. The molecule has 170 valence electrons. The molecular formula is C24H31N5O3. The monoisotopic (exact) mass is 437 g/mol. The molecule has 1 aromatic carbocycles. The Bertz CT molecular complexity index is 1070. The van der Waals surface area contributed by atoms with E-state index in [-0.39, 0.29) is 36.0 Å². The predicted octanol–water partition coefficient (Wildman–Crippen LogP) is 3.05. The molecule has 1 atom stereocenters. The fraction of sp³-hybridized carbons (Fsp3) is 0.500. The standard InChI is InChI=1S/C24H31N5O3/c1-5-28-22(31)20-13-19(21(30)26-18-11-10-15(2)12-16(18)3)27-29(20)14-24(28,4)23(32)25-17-8-6-7-9-17/h10-13,17H,5-9,14H2,1-4H3,(H,25,32)(H,26,30)/t24-/m1/s1. The van der Waals surface area contributed by atoms with Crippen LogP contribution < -0.4 is 10.6 Å². The van der Waals surface area contributed by atoms with Gasteiger partial charge in [0.2, 0.25) is 5.91 Å². The van der Waals surface area contributed by atoms with Crippen molar-refractivity contribution >= 4 is 23.4 Å². The number of fused-ring (bicyclic) bond motifs is 1. The van der Waals surface area contributed by atoms with Gasteiger partial charge in [0, 0.05) is 24.3 Å². The van der Waals surface area contributed by atoms with E-state index in [1.807, 2.05) is 39.0 Å². The molecule has 0 bridgehead atoms. The van der Waals surface area contributed by atoms with Crippen molar-refractivity contribution in [3.8, 4) is 0 Å². The summed E-state index contributed by atoms with van der Waals surface area (Å²) < 4.78 is 1.50. The van der Waals surface area contributed by atoms with Crippen molar-refractivity contribution in [1.29, 1.82) is 0 Å². The van der Waals surface area contributed by atoms with Crippen LogP contribution in [0.3, 0.4) is 0 Å². The average molecular weight is 438 g/mol. The highest BCUT2D eigenvalue weighted by Crippen LogP contribution is 2.29. The SMILES string of the molecule is CCN1C(=O)c2cc(C(=O)Nc3ccc(C)cc3C)nn2C[C@]1(C)C(=O)NC1CCCC1. The van der Waals surface area contributed by atoms with Crippen LogP contribution in [0, 0.1) is 13.8 Å². The minimum absolute atomic E-state index is 0.157. The fourth-order valence-corrected chi connectivity index (χ4v) is 4.80. The smallest absolute Gasteiger partial charge is 0.276 e. The molecule has 0 saturated heterocycles. The van der Waals surface area contributed by atoms with Crippen molar-refractivity contribution in [3.05, 3.63) is 46.8 Å². The topological polar surface area (TPSA) is 96.3 Å². The molecule has 0 unspecified atom stereocenters. The molecule has 1 aliphatic carbocycles. The van der Waals surface area contributed by atoms with Gasteiger partial charge in [0.1, 0.15) is 11.2 Å². The molecule has 1 fully saturated rings. The summed E-state index contributed by atoms with van der Waals surface area (Å²) in [4.78, 5) is 40.9. The first-order valence-electron chi connectivity index (χ1n) is 11.3. The Morgan fingerprint density at radius 2 is 1.91 bits per heavy atom. The van der Waals surface area contributed by atoms with Crippen LogP contribution in [0.2, 0.25) is 0 Å². The lowest BCUT2D eigenvalue weighted by Crippen LogP contribution is -2.64. The highest BCUT2D eigenvalue weighted by Gasteiger charge is 2.48. The second-order valence-electron chi connectivity index (χ2n) is 9.12. The first-order valence-corrected chi connectivity index (χ1v) is 11.3. The Hall–Kier alpha value is -3.16. The first-order chi connectivity index (χ1) is 15.2. The molecule has 3 amide bonds. The molecule has 2 aromatic rings. The Labute approximate surface area is 188 Å². The van der Waals surface area contributed by atoms with Crippen molar-refractivity contribution in [2.75, 3.05) is 11.9 Å². The summed E-state index contributed by atoms with van der Waals surface area (Å²) >= 11 is 0. The number of carbonyl (C=O) groups is 3. The molecule has 1 aromatic heterocycles. The van der Waals surface area contributed by atoms with Gasteiger partial charge in [-0.1, -0.05) is 30.5 Å². The van der Waals surface area contributed by atoms with Gasteiger partial charge in [0.25, 0.3) is 11.8 Å². The zero-order valence-corrected chi connectivity index (χ0v) is 19.2. The van der Waals surface area contributed by atoms with Gasteiger partial charge in [-0.3, -0.25) is 19.1 Å². The lowest BCUT2D eigenvalue weighted by Gasteiger charge is -2.43. The number of anilines is 1. The highest BCUT2D eigenvalue weighted by molar-refractivity contribution is 6.06. The van der Waals surface area contributed by atoms with Crippen LogP contribution in [0.5, 0.6) is 0 Å². The molecule has 8 nitrogen and oxygen atoms in total. The van der Waals surface area contributed by atoms with Gasteiger partial charge in [-0.15, -0.1) is 0 Å². The Morgan fingerprint density at radius 3 is 2.56 bits per heavy atom. The summed E-state index contributed by atoms with van der Waals surface area (Å²) in [5, 5.41) is 10.4. The maximum absolute atomic E-state index is 13.2. The number of amides is 3. The van der Waals surface area contributed by atoms with Crippen LogP contribution in [-0.2, 0) is 11.3 Å². The second kappa shape index (κ2) is 8.41. The molecule has 1 aliphatic heterocycles. The number of benzene rings is 1. The minimum atomic E-state index is -1.06. The molecule has 2 aliphatic rings. The predicted molar refractivity (Wildman–Crippen MR) is 122 cm³/mol. The third-order valence-electron chi connectivity index (χ3n) is 6.66. The van der Waals surface area contributed by atoms with Gasteiger partial charge in [-0.05, 0) is 52.2 Å². The fourth-order valence-electron chi connectivity index (χ4n) is 4.80. The van der Waals surface area contributed by atoms with Crippen molar-refractivity contribution in [2.24, 2.45) is 0 Å². The third-order valence-corrected chi connectivity index (χ3v) is 6.66. The Morgan fingerprint density at radius 1 is 1.19 bits per heavy atom. The van der Waals surface area contributed by atoms with E-state index in [9.17, 15) is 14.4 Å². The van der Waals surface area contributed by atoms with Crippen molar-refractivity contribution < 1.29 is 14.4 Å². The van der Waals surface area contributed by atoms with Gasteiger partial charge in [0.15, 0.2) is 5.69 Å². The number of aryl methyl sites for hydroxylation is 2. The minimum Gasteiger partial charge on any atom is -0.351 e. The van der Waals surface area contributed by atoms with Crippen molar-refractivity contribution in [3.63, 3.8) is 0 Å². The van der Waals surface area contributed by atoms with E-state index in [4.69, 9.17) is 0 Å². The number of nitrogens with one attached hydrogen (secondary N) is 2. The van der Waals surface area contributed by atoms with Crippen LogP contribution in [0.15, 0.2) is 24.3 Å². The van der Waals surface area contributed by atoms with Gasteiger partial charge in [0.05, 0.1) is 6.54 Å². The molecule has 0 spiro atoms. The normalized spacial score (nSPS) is 20.9. The van der Waals surface area contributed by atoms with E-state index in [0.717, 1.165) is 36.8 Å². The van der Waals surface area contributed by atoms with Crippen molar-refractivity contribution in [2.45, 2.75) is 71.5 Å². The zero-order chi connectivity index (χ0) is 23.0. The Kier molecular flexibility index (Phi) is 5.79. The van der Waals surface area contributed by atoms with Crippen LogP contribution in [0.4, 0.5) is 5.69 Å². The number of rotatable bonds is 5. The molecular weight excluding hydrogens is 406 g/mol. The summed E-state index contributed by atoms with van der Waals surface area (Å²) in [6.45, 7) is 8.16. The van der Waals surface area contributed by atoms with Gasteiger partial charge in [-0.25, -0.2) is 0 Å². The van der Waals surface area contributed by atoms with E-state index >= 15 is 0 Å². The summed E-state index contributed by atoms with van der Waals surface area (Å²) in [5.74, 6) is -0.838. The zero-order valence-electron chi connectivity index (χ0n) is 19.2. The lowest BCUT2D eigenvalue weighted by atomic mass is 9.94. The van der Waals surface area contributed by atoms with E-state index in [2.05, 4.69) is 15.7 Å². The molecule has 1 saturated carbocycles. The largest absolute Gasteiger partial charge is 0.351 e. The Balaban J connectivity index is 1.58. The highest BCUT2D eigenvalue weighted by atomic mass is 16.2. The van der Waals surface area contributed by atoms with Crippen LogP contribution in [0.1, 0.15) is 71.6 Å². The number of aromatic nitrogens is 2. The van der Waals surface area contributed by atoms with Crippen LogP contribution in [-0.4, -0.2) is 50.5 Å². The maximum Gasteiger partial charge on any atom is 0.276 e. The van der Waals surface area contributed by atoms with Gasteiger partial charge >= 0.3 is 0 Å². The number of hydrogen-bond acceptors (Lipinski definition) is 4. The molecule has 32 heavy (non-hydrogen) atoms. The van der Waals surface area contributed by atoms with E-state index in [1.54, 1.807) is 11.8 Å². The second-order valence-corrected chi connectivity index (χ2v) is 9.12. The van der Waals surface area contributed by atoms with E-state index < -0.39 is 5.54 Å². The molecule has 0 radical (unpaired) electrons. The number of likely N-dealkylation sites (N-methyl/N-ethyl adjacent to an activating group) is 1. The summed E-state index contributed by atoms with van der Waals surface area (Å²) in [7, 11) is 0. The number of carbonyl (C=O) groups excluding carboxylic acids is 3. The summed E-state index contributed by atoms with van der Waals surface area (Å²) in [6, 6.07) is 7.44. The molecule has 8 heteroatoms. The maximum atomic E-state index is 13.2. The molecule has 4 rings (SSSR count). The lowest BCUT2D eigenvalue weighted by molar-refractivity contribution is -0.133. The van der Waals surface area contributed by atoms with E-state index in [1.165, 1.54) is 10.7 Å². The number of hydrogen-bond donors (Lipinski definition) is 2. The summed E-state index contributed by atoms with van der Waals surface area (Å²) in [5.41, 5.74) is 2.18. The third kappa shape index (κ3) is 3.89. The van der Waals surface area contributed by atoms with Crippen LogP contribution in [0.25, 0.3) is 0 Å². The van der Waals surface area contributed by atoms with Gasteiger partial charge < -0.3 is 15.5 Å². The van der Waals surface area contributed by atoms with Crippen molar-refractivity contribution in [1.82, 2.24) is 20.0 Å². The van der Waals surface area contributed by atoms with Gasteiger partial charge in [-0.2, -0.15) is 5.10 Å². The first kappa shape index (κ1) is 22.0. The van der Waals surface area contributed by atoms with Crippen LogP contribution >= 0.6 is 0 Å².